The number of amides is 1. The van der Waals surface area contributed by atoms with Crippen molar-refractivity contribution in [1.29, 1.82) is 0 Å². The van der Waals surface area contributed by atoms with Crippen LogP contribution in [0.2, 0.25) is 0 Å². The predicted molar refractivity (Wildman–Crippen MR) is 97.1 cm³/mol. The molecule has 1 atom stereocenters. The second-order valence-corrected chi connectivity index (χ2v) is 5.74. The van der Waals surface area contributed by atoms with Crippen LogP contribution in [0.1, 0.15) is 28.2 Å². The molecule has 2 aromatic carbocycles. The van der Waals surface area contributed by atoms with E-state index < -0.39 is 23.6 Å². The molecule has 0 aromatic heterocycles. The van der Waals surface area contributed by atoms with Crippen molar-refractivity contribution in [2.45, 2.75) is 25.4 Å². The van der Waals surface area contributed by atoms with Gasteiger partial charge in [0.1, 0.15) is 0 Å². The van der Waals surface area contributed by atoms with E-state index in [1.165, 1.54) is 12.1 Å². The van der Waals surface area contributed by atoms with Crippen LogP contribution in [0.5, 0.6) is 0 Å². The number of aryl methyl sites for hydroxylation is 1. The van der Waals surface area contributed by atoms with E-state index >= 15 is 0 Å². The summed E-state index contributed by atoms with van der Waals surface area (Å²) in [5, 5.41) is 0. The van der Waals surface area contributed by atoms with Crippen LogP contribution in [-0.2, 0) is 17.4 Å². The normalized spacial score (nSPS) is 12.0. The molecule has 26 heavy (non-hydrogen) atoms. The van der Waals surface area contributed by atoms with Crippen LogP contribution < -0.4 is 11.5 Å². The van der Waals surface area contributed by atoms with Gasteiger partial charge in [-0.25, -0.2) is 0 Å². The van der Waals surface area contributed by atoms with Crippen molar-refractivity contribution < 1.29 is 18.0 Å². The van der Waals surface area contributed by atoms with Crippen LogP contribution in [0.4, 0.5) is 13.2 Å². The Hall–Kier alpha value is -2.54. The molecule has 1 unspecified atom stereocenters. The highest BCUT2D eigenvalue weighted by Gasteiger charge is 2.31. The fourth-order valence-corrected chi connectivity index (χ4v) is 2.42. The van der Waals surface area contributed by atoms with Crippen molar-refractivity contribution in [1.82, 2.24) is 0 Å². The summed E-state index contributed by atoms with van der Waals surface area (Å²) >= 11 is 0. The van der Waals surface area contributed by atoms with E-state index in [1.54, 1.807) is 0 Å². The number of carbonyl (C=O) groups is 1. The van der Waals surface area contributed by atoms with E-state index in [4.69, 9.17) is 11.5 Å². The maximum Gasteiger partial charge on any atom is 0.416 e. The third kappa shape index (κ3) is 5.77. The van der Waals surface area contributed by atoms with E-state index in [9.17, 15) is 18.0 Å². The Morgan fingerprint density at radius 3 is 2.04 bits per heavy atom. The number of aliphatic imine (C=N–C) groups is 1. The Labute approximate surface area is 155 Å². The summed E-state index contributed by atoms with van der Waals surface area (Å²) in [6, 6.07) is 11.9. The first kappa shape index (κ1) is 21.5. The van der Waals surface area contributed by atoms with Gasteiger partial charge in [0, 0.05) is 0 Å². The largest absolute Gasteiger partial charge is 0.416 e. The smallest absolute Gasteiger partial charge is 0.370 e. The monoisotopic (exact) mass is 385 g/mol. The molecule has 0 aliphatic carbocycles. The quantitative estimate of drug-likeness (QED) is 0.623. The molecule has 2 rings (SSSR count). The van der Waals surface area contributed by atoms with Gasteiger partial charge < -0.3 is 11.5 Å². The van der Waals surface area contributed by atoms with Crippen LogP contribution in [0.15, 0.2) is 53.5 Å². The Kier molecular flexibility index (Phi) is 7.20. The summed E-state index contributed by atoms with van der Waals surface area (Å²) < 4.78 is 38.1. The van der Waals surface area contributed by atoms with Gasteiger partial charge in [-0.2, -0.15) is 18.2 Å². The molecule has 0 spiro atoms. The molecular formula is C18H19ClF3N3O. The van der Waals surface area contributed by atoms with Crippen LogP contribution in [0.25, 0.3) is 0 Å². The lowest BCUT2D eigenvalue weighted by Gasteiger charge is -2.15. The summed E-state index contributed by atoms with van der Waals surface area (Å²) in [4.78, 5) is 15.9. The van der Waals surface area contributed by atoms with Crippen molar-refractivity contribution in [2.75, 3.05) is 0 Å². The second-order valence-electron chi connectivity index (χ2n) is 5.74. The summed E-state index contributed by atoms with van der Waals surface area (Å²) in [6.07, 6.45) is -4.16. The molecule has 0 saturated carbocycles. The minimum absolute atomic E-state index is 0. The van der Waals surface area contributed by atoms with E-state index in [1.807, 2.05) is 31.2 Å². The van der Waals surface area contributed by atoms with Crippen molar-refractivity contribution in [3.63, 3.8) is 0 Å². The van der Waals surface area contributed by atoms with E-state index in [2.05, 4.69) is 4.99 Å². The minimum Gasteiger partial charge on any atom is -0.370 e. The molecule has 0 saturated heterocycles. The summed E-state index contributed by atoms with van der Waals surface area (Å²) in [5.41, 5.74) is 12.1. The summed E-state index contributed by atoms with van der Waals surface area (Å²) in [5.74, 6) is -1.75. The molecule has 0 aliphatic heterocycles. The zero-order valence-corrected chi connectivity index (χ0v) is 14.8. The third-order valence-electron chi connectivity index (χ3n) is 3.74. The summed E-state index contributed by atoms with van der Waals surface area (Å²) in [7, 11) is 0. The Morgan fingerprint density at radius 1 is 1.04 bits per heavy atom. The number of hydrogen-bond acceptors (Lipinski definition) is 1. The molecule has 4 nitrogen and oxygen atoms in total. The minimum atomic E-state index is -4.44. The van der Waals surface area contributed by atoms with Crippen LogP contribution >= 0.6 is 12.4 Å². The Morgan fingerprint density at radius 2 is 1.58 bits per heavy atom. The van der Waals surface area contributed by atoms with Crippen molar-refractivity contribution in [3.05, 3.63) is 70.8 Å². The SMILES string of the molecule is Cc1ccc(CC(C(=O)N=C(N)N)c2ccc(C(F)(F)F)cc2)cc1.Cl. The molecule has 2 aromatic rings. The number of benzene rings is 2. The topological polar surface area (TPSA) is 81.5 Å². The number of hydrogen-bond donors (Lipinski definition) is 2. The van der Waals surface area contributed by atoms with Gasteiger partial charge in [0.25, 0.3) is 5.91 Å². The fourth-order valence-electron chi connectivity index (χ4n) is 2.42. The van der Waals surface area contributed by atoms with Crippen molar-refractivity contribution in [3.8, 4) is 0 Å². The standard InChI is InChI=1S/C18H18F3N3O.ClH/c1-11-2-4-12(5-3-11)10-15(16(25)24-17(22)23)13-6-8-14(9-7-13)18(19,20)21;/h2-9,15H,10H2,1H3,(H4,22,23,24,25);1H. The highest BCUT2D eigenvalue weighted by atomic mass is 35.5. The lowest BCUT2D eigenvalue weighted by molar-refractivity contribution is -0.137. The molecular weight excluding hydrogens is 367 g/mol. The first-order chi connectivity index (χ1) is 11.7. The molecule has 4 N–H and O–H groups in total. The second kappa shape index (κ2) is 8.71. The molecule has 8 heteroatoms. The number of carbonyl (C=O) groups excluding carboxylic acids is 1. The molecule has 0 fully saturated rings. The average molecular weight is 386 g/mol. The van der Waals surface area contributed by atoms with Crippen LogP contribution in [0, 0.1) is 6.92 Å². The summed E-state index contributed by atoms with van der Waals surface area (Å²) in [6.45, 7) is 1.93. The lowest BCUT2D eigenvalue weighted by atomic mass is 9.90. The average Bonchev–Trinajstić information content (AvgIpc) is 2.53. The van der Waals surface area contributed by atoms with Crippen molar-refractivity contribution >= 4 is 24.3 Å². The highest BCUT2D eigenvalue weighted by molar-refractivity contribution is 5.95. The van der Waals surface area contributed by atoms with Gasteiger partial charge in [-0.1, -0.05) is 42.0 Å². The van der Waals surface area contributed by atoms with Crippen molar-refractivity contribution in [2.24, 2.45) is 16.5 Å². The zero-order valence-electron chi connectivity index (χ0n) is 14.0. The van der Waals surface area contributed by atoms with Gasteiger partial charge in [-0.15, -0.1) is 12.4 Å². The fraction of sp³-hybridized carbons (Fsp3) is 0.222. The number of alkyl halides is 3. The molecule has 0 radical (unpaired) electrons. The molecule has 0 bridgehead atoms. The van der Waals surface area contributed by atoms with Crippen LogP contribution in [-0.4, -0.2) is 11.9 Å². The number of nitrogens with two attached hydrogens (primary N) is 2. The third-order valence-corrected chi connectivity index (χ3v) is 3.74. The lowest BCUT2D eigenvalue weighted by Crippen LogP contribution is -2.26. The van der Waals surface area contributed by atoms with Gasteiger partial charge >= 0.3 is 6.18 Å². The zero-order chi connectivity index (χ0) is 18.6. The van der Waals surface area contributed by atoms with Gasteiger partial charge in [0.15, 0.2) is 5.96 Å². The molecule has 140 valence electrons. The Balaban J connectivity index is 0.00000338. The van der Waals surface area contributed by atoms with E-state index in [0.717, 1.165) is 23.3 Å². The number of nitrogens with zero attached hydrogens (tertiary/aromatic N) is 1. The number of guanidine groups is 1. The first-order valence-electron chi connectivity index (χ1n) is 7.53. The predicted octanol–water partition coefficient (Wildman–Crippen LogP) is 3.56. The van der Waals surface area contributed by atoms with E-state index in [0.29, 0.717) is 5.56 Å². The van der Waals surface area contributed by atoms with Gasteiger partial charge in [-0.05, 0) is 36.6 Å². The number of halogens is 4. The van der Waals surface area contributed by atoms with E-state index in [-0.39, 0.29) is 24.8 Å². The maximum absolute atomic E-state index is 12.7. The van der Waals surface area contributed by atoms with Gasteiger partial charge in [0.05, 0.1) is 11.5 Å². The molecule has 0 heterocycles. The maximum atomic E-state index is 12.7. The molecule has 1 amide bonds. The molecule has 0 aliphatic rings. The van der Waals surface area contributed by atoms with Gasteiger partial charge in [-0.3, -0.25) is 4.79 Å². The van der Waals surface area contributed by atoms with Gasteiger partial charge in [0.2, 0.25) is 0 Å². The highest BCUT2D eigenvalue weighted by Crippen LogP contribution is 2.31. The Bertz CT molecular complexity index is 768. The number of rotatable bonds is 4. The first-order valence-corrected chi connectivity index (χ1v) is 7.53. The van der Waals surface area contributed by atoms with Crippen LogP contribution in [0.3, 0.4) is 0 Å².